The number of aromatic nitrogens is 4. The van der Waals surface area contributed by atoms with Crippen LogP contribution in [0.5, 0.6) is 11.5 Å². The summed E-state index contributed by atoms with van der Waals surface area (Å²) >= 11 is 1.53. The molecule has 33 heavy (non-hydrogen) atoms. The second-order valence-electron chi connectivity index (χ2n) is 7.92. The fourth-order valence-corrected chi connectivity index (χ4v) is 4.41. The van der Waals surface area contributed by atoms with Crippen LogP contribution in [0.4, 0.5) is 5.82 Å². The number of rotatable bonds is 7. The summed E-state index contributed by atoms with van der Waals surface area (Å²) < 4.78 is 12.5. The van der Waals surface area contributed by atoms with Crippen molar-refractivity contribution in [1.82, 2.24) is 25.1 Å². The lowest BCUT2D eigenvalue weighted by molar-refractivity contribution is -0.116. The van der Waals surface area contributed by atoms with Crippen LogP contribution in [0.3, 0.4) is 0 Å². The first-order valence-corrected chi connectivity index (χ1v) is 12.3. The lowest BCUT2D eigenvalue weighted by Gasteiger charge is -2.28. The van der Waals surface area contributed by atoms with Gasteiger partial charge in [-0.1, -0.05) is 17.8 Å². The van der Waals surface area contributed by atoms with Gasteiger partial charge in [0.2, 0.25) is 12.7 Å². The Hall–Kier alpha value is -3.27. The number of nitrogens with one attached hydrogen (secondary N) is 1. The Labute approximate surface area is 196 Å². The highest BCUT2D eigenvalue weighted by Crippen LogP contribution is 2.33. The van der Waals surface area contributed by atoms with Gasteiger partial charge in [0.1, 0.15) is 5.82 Å². The molecule has 0 saturated carbocycles. The highest BCUT2D eigenvalue weighted by atomic mass is 32.2. The molecule has 0 spiro atoms. The van der Waals surface area contributed by atoms with Gasteiger partial charge in [-0.3, -0.25) is 4.79 Å². The predicted octanol–water partition coefficient (Wildman–Crippen LogP) is 3.10. The molecular formula is C23H26N6O3S. The number of carbonyl (C=O) groups excluding carboxylic acids is 1. The maximum Gasteiger partial charge on any atom is 0.244 e. The van der Waals surface area contributed by atoms with Gasteiger partial charge in [-0.25, -0.2) is 14.6 Å². The van der Waals surface area contributed by atoms with Crippen molar-refractivity contribution in [3.63, 3.8) is 0 Å². The summed E-state index contributed by atoms with van der Waals surface area (Å²) in [7, 11) is 0. The first kappa shape index (κ1) is 21.6. The third-order valence-corrected chi connectivity index (χ3v) is 6.29. The number of nitrogens with zero attached hydrogens (tertiary/aromatic N) is 5. The van der Waals surface area contributed by atoms with E-state index in [1.165, 1.54) is 37.1 Å². The minimum atomic E-state index is -0.169. The molecule has 0 atom stereocenters. The second-order valence-corrected chi connectivity index (χ2v) is 8.70. The quantitative estimate of drug-likeness (QED) is 0.323. The number of carbonyl (C=O) groups is 1. The lowest BCUT2D eigenvalue weighted by atomic mass is 10.1. The lowest BCUT2D eigenvalue weighted by Crippen LogP contribution is -2.30. The summed E-state index contributed by atoms with van der Waals surface area (Å²) in [4.78, 5) is 24.1. The molecule has 2 aliphatic heterocycles. The molecule has 0 radical (unpaired) electrons. The average Bonchev–Trinajstić information content (AvgIpc) is 3.49. The molecule has 0 aliphatic carbocycles. The molecular weight excluding hydrogens is 440 g/mol. The van der Waals surface area contributed by atoms with E-state index < -0.39 is 0 Å². The Morgan fingerprint density at radius 2 is 2.03 bits per heavy atom. The Balaban J connectivity index is 1.23. The van der Waals surface area contributed by atoms with Crippen molar-refractivity contribution in [2.75, 3.05) is 37.6 Å². The standard InChI is InChI=1S/C23H26N6O3S/c1-33-23-26-21(28-10-3-2-4-11-28)17-14-25-29(22(17)27-23)12-9-24-20(30)8-6-16-5-7-18-19(13-16)32-15-31-18/h5-8,13-14H,2-4,9-12,15H2,1H3,(H,24,30). The van der Waals surface area contributed by atoms with E-state index in [0.29, 0.717) is 18.8 Å². The molecule has 1 amide bonds. The number of hydrogen-bond acceptors (Lipinski definition) is 8. The van der Waals surface area contributed by atoms with E-state index in [0.717, 1.165) is 46.4 Å². The van der Waals surface area contributed by atoms with E-state index in [-0.39, 0.29) is 12.7 Å². The number of amides is 1. The Morgan fingerprint density at radius 3 is 2.88 bits per heavy atom. The van der Waals surface area contributed by atoms with Gasteiger partial charge in [-0.15, -0.1) is 0 Å². The maximum absolute atomic E-state index is 12.3. The first-order valence-electron chi connectivity index (χ1n) is 11.1. The molecule has 1 fully saturated rings. The third kappa shape index (κ3) is 4.75. The zero-order valence-corrected chi connectivity index (χ0v) is 19.3. The molecule has 10 heteroatoms. The Kier molecular flexibility index (Phi) is 6.34. The number of ether oxygens (including phenoxy) is 2. The van der Waals surface area contributed by atoms with E-state index in [4.69, 9.17) is 14.5 Å². The molecule has 1 N–H and O–H groups in total. The van der Waals surface area contributed by atoms with Crippen molar-refractivity contribution in [3.8, 4) is 11.5 Å². The topological polar surface area (TPSA) is 94.4 Å². The molecule has 1 aromatic carbocycles. The number of thioether (sulfide) groups is 1. The molecule has 2 aromatic heterocycles. The van der Waals surface area contributed by atoms with Crippen LogP contribution in [0.1, 0.15) is 24.8 Å². The second kappa shape index (κ2) is 9.70. The minimum Gasteiger partial charge on any atom is -0.454 e. The molecule has 2 aliphatic rings. The molecule has 172 valence electrons. The minimum absolute atomic E-state index is 0.169. The van der Waals surface area contributed by atoms with Gasteiger partial charge in [0, 0.05) is 25.7 Å². The monoisotopic (exact) mass is 466 g/mol. The van der Waals surface area contributed by atoms with Crippen molar-refractivity contribution < 1.29 is 14.3 Å². The van der Waals surface area contributed by atoms with E-state index in [1.807, 2.05) is 35.3 Å². The molecule has 0 unspecified atom stereocenters. The van der Waals surface area contributed by atoms with Crippen LogP contribution in [0.25, 0.3) is 17.1 Å². The normalized spacial score (nSPS) is 15.5. The van der Waals surface area contributed by atoms with Crippen LogP contribution in [-0.4, -0.2) is 58.3 Å². The van der Waals surface area contributed by atoms with Crippen molar-refractivity contribution in [1.29, 1.82) is 0 Å². The molecule has 0 bridgehead atoms. The van der Waals surface area contributed by atoms with Gasteiger partial charge in [0.15, 0.2) is 22.3 Å². The molecule has 3 aromatic rings. The Morgan fingerprint density at radius 1 is 1.18 bits per heavy atom. The van der Waals surface area contributed by atoms with E-state index in [1.54, 1.807) is 6.08 Å². The average molecular weight is 467 g/mol. The summed E-state index contributed by atoms with van der Waals surface area (Å²) in [6.07, 6.45) is 10.7. The van der Waals surface area contributed by atoms with E-state index in [2.05, 4.69) is 20.3 Å². The first-order chi connectivity index (χ1) is 16.2. The molecule has 1 saturated heterocycles. The van der Waals surface area contributed by atoms with Crippen molar-refractivity contribution in [2.45, 2.75) is 31.0 Å². The van der Waals surface area contributed by atoms with Gasteiger partial charge in [0.05, 0.1) is 18.1 Å². The number of piperidine rings is 1. The maximum atomic E-state index is 12.3. The molecule has 5 rings (SSSR count). The van der Waals surface area contributed by atoms with Crippen LogP contribution in [0, 0.1) is 0 Å². The zero-order chi connectivity index (χ0) is 22.6. The number of anilines is 1. The highest BCUT2D eigenvalue weighted by molar-refractivity contribution is 7.98. The molecule has 4 heterocycles. The smallest absolute Gasteiger partial charge is 0.244 e. The van der Waals surface area contributed by atoms with Gasteiger partial charge >= 0.3 is 0 Å². The predicted molar refractivity (Wildman–Crippen MR) is 128 cm³/mol. The van der Waals surface area contributed by atoms with Crippen LogP contribution < -0.4 is 19.7 Å². The summed E-state index contributed by atoms with van der Waals surface area (Å²) in [5.41, 5.74) is 1.68. The largest absolute Gasteiger partial charge is 0.454 e. The third-order valence-electron chi connectivity index (χ3n) is 5.74. The van der Waals surface area contributed by atoms with E-state index in [9.17, 15) is 4.79 Å². The summed E-state index contributed by atoms with van der Waals surface area (Å²) in [6, 6.07) is 5.58. The number of fused-ring (bicyclic) bond motifs is 2. The number of hydrogen-bond donors (Lipinski definition) is 1. The summed E-state index contributed by atoms with van der Waals surface area (Å²) in [6.45, 7) is 3.22. The van der Waals surface area contributed by atoms with Gasteiger partial charge in [0.25, 0.3) is 0 Å². The summed E-state index contributed by atoms with van der Waals surface area (Å²) in [5.74, 6) is 2.21. The van der Waals surface area contributed by atoms with Gasteiger partial charge in [-0.05, 0) is 49.3 Å². The van der Waals surface area contributed by atoms with E-state index >= 15 is 0 Å². The van der Waals surface area contributed by atoms with Crippen LogP contribution in [0.2, 0.25) is 0 Å². The van der Waals surface area contributed by atoms with Gasteiger partial charge in [-0.2, -0.15) is 5.10 Å². The number of benzene rings is 1. The fraction of sp³-hybridized carbons (Fsp3) is 0.391. The molecule has 9 nitrogen and oxygen atoms in total. The van der Waals surface area contributed by atoms with Crippen molar-refractivity contribution >= 4 is 40.6 Å². The van der Waals surface area contributed by atoms with Crippen LogP contribution in [0.15, 0.2) is 35.6 Å². The van der Waals surface area contributed by atoms with Crippen LogP contribution in [-0.2, 0) is 11.3 Å². The van der Waals surface area contributed by atoms with Crippen molar-refractivity contribution in [3.05, 3.63) is 36.0 Å². The van der Waals surface area contributed by atoms with Crippen LogP contribution >= 0.6 is 11.8 Å². The highest BCUT2D eigenvalue weighted by Gasteiger charge is 2.19. The van der Waals surface area contributed by atoms with Crippen molar-refractivity contribution in [2.24, 2.45) is 0 Å². The zero-order valence-electron chi connectivity index (χ0n) is 18.5. The summed E-state index contributed by atoms with van der Waals surface area (Å²) in [5, 5.41) is 9.14. The fourth-order valence-electron chi connectivity index (χ4n) is 4.06. The SMILES string of the molecule is CSc1nc(N2CCCCC2)c2cnn(CCNC(=O)C=Cc3ccc4c(c3)OCO4)c2n1. The Bertz CT molecular complexity index is 1190. The van der Waals surface area contributed by atoms with Gasteiger partial charge < -0.3 is 19.7 Å².